The molecule has 5 heteroatoms. The largest absolute Gasteiger partial charge is 0.497 e. The minimum atomic E-state index is -0.403. The Hall–Kier alpha value is -1.26. The van der Waals surface area contributed by atoms with Gasteiger partial charge in [-0.25, -0.2) is 0 Å². The zero-order valence-corrected chi connectivity index (χ0v) is 12.7. The SMILES string of the molecule is COc1cccc(C(=O)NC(C)(CN)C(C)C)c1.Cl. The zero-order valence-electron chi connectivity index (χ0n) is 11.9. The second kappa shape index (κ2) is 7.36. The number of methoxy groups -OCH3 is 1. The predicted molar refractivity (Wildman–Crippen MR) is 80.0 cm³/mol. The number of carbonyl (C=O) groups excluding carboxylic acids is 1. The van der Waals surface area contributed by atoms with Gasteiger partial charge in [-0.3, -0.25) is 4.79 Å². The molecule has 3 N–H and O–H groups in total. The van der Waals surface area contributed by atoms with E-state index in [0.717, 1.165) is 0 Å². The zero-order chi connectivity index (χ0) is 13.8. The quantitative estimate of drug-likeness (QED) is 0.872. The summed E-state index contributed by atoms with van der Waals surface area (Å²) in [5.41, 5.74) is 5.93. The Morgan fingerprint density at radius 3 is 2.58 bits per heavy atom. The summed E-state index contributed by atoms with van der Waals surface area (Å²) in [5.74, 6) is 0.800. The van der Waals surface area contributed by atoms with Crippen molar-refractivity contribution in [3.8, 4) is 5.75 Å². The summed E-state index contributed by atoms with van der Waals surface area (Å²) < 4.78 is 5.10. The highest BCUT2D eigenvalue weighted by atomic mass is 35.5. The van der Waals surface area contributed by atoms with Crippen LogP contribution in [0.4, 0.5) is 0 Å². The van der Waals surface area contributed by atoms with Crippen LogP contribution in [0.25, 0.3) is 0 Å². The molecule has 0 fully saturated rings. The average molecular weight is 287 g/mol. The van der Waals surface area contributed by atoms with Gasteiger partial charge in [0.1, 0.15) is 5.75 Å². The molecule has 1 aromatic rings. The first kappa shape index (κ1) is 17.7. The number of nitrogens with one attached hydrogen (secondary N) is 1. The van der Waals surface area contributed by atoms with Crippen LogP contribution in [0, 0.1) is 5.92 Å². The fourth-order valence-corrected chi connectivity index (χ4v) is 1.53. The van der Waals surface area contributed by atoms with Crippen LogP contribution in [0.15, 0.2) is 24.3 Å². The standard InChI is InChI=1S/C14H22N2O2.ClH/c1-10(2)14(3,9-15)16-13(17)11-6-5-7-12(8-11)18-4;/h5-8,10H,9,15H2,1-4H3,(H,16,17);1H. The number of halogens is 1. The highest BCUT2D eigenvalue weighted by molar-refractivity contribution is 5.95. The van der Waals surface area contributed by atoms with Crippen LogP contribution in [0.1, 0.15) is 31.1 Å². The Bertz CT molecular complexity index is 424. The maximum Gasteiger partial charge on any atom is 0.251 e. The van der Waals surface area contributed by atoms with E-state index in [-0.39, 0.29) is 24.2 Å². The fourth-order valence-electron chi connectivity index (χ4n) is 1.53. The molecular weight excluding hydrogens is 264 g/mol. The lowest BCUT2D eigenvalue weighted by Crippen LogP contribution is -2.55. The van der Waals surface area contributed by atoms with Crippen molar-refractivity contribution in [2.45, 2.75) is 26.3 Å². The van der Waals surface area contributed by atoms with Gasteiger partial charge in [0.2, 0.25) is 0 Å². The van der Waals surface area contributed by atoms with Crippen LogP contribution >= 0.6 is 12.4 Å². The van der Waals surface area contributed by atoms with Gasteiger partial charge in [-0.05, 0) is 31.0 Å². The number of hydrogen-bond donors (Lipinski definition) is 2. The predicted octanol–water partition coefficient (Wildman–Crippen LogP) is 2.22. The number of carbonyl (C=O) groups is 1. The molecule has 0 aromatic heterocycles. The third kappa shape index (κ3) is 4.40. The summed E-state index contributed by atoms with van der Waals surface area (Å²) in [6.07, 6.45) is 0. The molecule has 0 heterocycles. The van der Waals surface area contributed by atoms with Crippen molar-refractivity contribution in [2.75, 3.05) is 13.7 Å². The molecular formula is C14H23ClN2O2. The molecule has 1 rings (SSSR count). The Morgan fingerprint density at radius 1 is 1.47 bits per heavy atom. The van der Waals surface area contributed by atoms with Crippen molar-refractivity contribution in [1.29, 1.82) is 0 Å². The number of rotatable bonds is 5. The molecule has 0 bridgehead atoms. The summed E-state index contributed by atoms with van der Waals surface area (Å²) in [4.78, 5) is 12.2. The van der Waals surface area contributed by atoms with Gasteiger partial charge >= 0.3 is 0 Å². The molecule has 0 radical (unpaired) electrons. The van der Waals surface area contributed by atoms with Gasteiger partial charge in [0, 0.05) is 12.1 Å². The molecule has 108 valence electrons. The summed E-state index contributed by atoms with van der Waals surface area (Å²) in [7, 11) is 1.58. The van der Waals surface area contributed by atoms with E-state index >= 15 is 0 Å². The highest BCUT2D eigenvalue weighted by Crippen LogP contribution is 2.17. The van der Waals surface area contributed by atoms with E-state index in [0.29, 0.717) is 17.9 Å². The summed E-state index contributed by atoms with van der Waals surface area (Å²) in [5, 5.41) is 2.99. The normalized spacial score (nSPS) is 13.4. The molecule has 0 saturated carbocycles. The van der Waals surface area contributed by atoms with E-state index in [4.69, 9.17) is 10.5 Å². The van der Waals surface area contributed by atoms with Gasteiger partial charge in [0.25, 0.3) is 5.91 Å². The van der Waals surface area contributed by atoms with E-state index in [2.05, 4.69) is 5.32 Å². The molecule has 1 unspecified atom stereocenters. The molecule has 4 nitrogen and oxygen atoms in total. The van der Waals surface area contributed by atoms with Crippen LogP contribution in [0.2, 0.25) is 0 Å². The third-order valence-electron chi connectivity index (χ3n) is 3.43. The Kier molecular flexibility index (Phi) is 6.87. The van der Waals surface area contributed by atoms with Crippen molar-refractivity contribution >= 4 is 18.3 Å². The summed E-state index contributed by atoms with van der Waals surface area (Å²) in [6, 6.07) is 7.08. The van der Waals surface area contributed by atoms with E-state index in [1.807, 2.05) is 20.8 Å². The van der Waals surface area contributed by atoms with Gasteiger partial charge < -0.3 is 15.8 Å². The first-order valence-electron chi connectivity index (χ1n) is 6.09. The van der Waals surface area contributed by atoms with Crippen molar-refractivity contribution in [3.05, 3.63) is 29.8 Å². The molecule has 1 atom stereocenters. The Morgan fingerprint density at radius 2 is 2.11 bits per heavy atom. The number of ether oxygens (including phenoxy) is 1. The van der Waals surface area contributed by atoms with Crippen molar-refractivity contribution in [2.24, 2.45) is 11.7 Å². The van der Waals surface area contributed by atoms with Crippen LogP contribution in [0.5, 0.6) is 5.75 Å². The summed E-state index contributed by atoms with van der Waals surface area (Å²) >= 11 is 0. The smallest absolute Gasteiger partial charge is 0.251 e. The Labute approximate surface area is 121 Å². The first-order valence-corrected chi connectivity index (χ1v) is 6.09. The first-order chi connectivity index (χ1) is 8.42. The minimum Gasteiger partial charge on any atom is -0.497 e. The van der Waals surface area contributed by atoms with E-state index in [9.17, 15) is 4.79 Å². The van der Waals surface area contributed by atoms with E-state index in [1.54, 1.807) is 31.4 Å². The van der Waals surface area contributed by atoms with Gasteiger partial charge in [-0.1, -0.05) is 19.9 Å². The van der Waals surface area contributed by atoms with Crippen molar-refractivity contribution in [1.82, 2.24) is 5.32 Å². The summed E-state index contributed by atoms with van der Waals surface area (Å²) in [6.45, 7) is 6.44. The van der Waals surface area contributed by atoms with Crippen molar-refractivity contribution < 1.29 is 9.53 Å². The number of hydrogen-bond acceptors (Lipinski definition) is 3. The molecule has 1 amide bonds. The van der Waals surface area contributed by atoms with Crippen LogP contribution in [-0.2, 0) is 0 Å². The lowest BCUT2D eigenvalue weighted by molar-refractivity contribution is 0.0883. The van der Waals surface area contributed by atoms with Crippen LogP contribution in [-0.4, -0.2) is 25.1 Å². The minimum absolute atomic E-state index is 0. The molecule has 0 aliphatic rings. The highest BCUT2D eigenvalue weighted by Gasteiger charge is 2.28. The monoisotopic (exact) mass is 286 g/mol. The molecule has 0 aliphatic heterocycles. The van der Waals surface area contributed by atoms with Crippen molar-refractivity contribution in [3.63, 3.8) is 0 Å². The third-order valence-corrected chi connectivity index (χ3v) is 3.43. The lowest BCUT2D eigenvalue weighted by Gasteiger charge is -2.33. The van der Waals surface area contributed by atoms with Gasteiger partial charge in [0.05, 0.1) is 12.6 Å². The molecule has 1 aromatic carbocycles. The number of benzene rings is 1. The number of amides is 1. The molecule has 0 aliphatic carbocycles. The van der Waals surface area contributed by atoms with Crippen LogP contribution in [0.3, 0.4) is 0 Å². The van der Waals surface area contributed by atoms with Gasteiger partial charge in [0.15, 0.2) is 0 Å². The van der Waals surface area contributed by atoms with E-state index in [1.165, 1.54) is 0 Å². The lowest BCUT2D eigenvalue weighted by atomic mass is 9.88. The maximum atomic E-state index is 12.2. The second-order valence-corrected chi connectivity index (χ2v) is 4.96. The molecule has 19 heavy (non-hydrogen) atoms. The topological polar surface area (TPSA) is 64.3 Å². The number of nitrogens with two attached hydrogens (primary N) is 1. The second-order valence-electron chi connectivity index (χ2n) is 4.96. The average Bonchev–Trinajstić information content (AvgIpc) is 2.38. The maximum absolute atomic E-state index is 12.2. The van der Waals surface area contributed by atoms with Gasteiger partial charge in [-0.2, -0.15) is 0 Å². The van der Waals surface area contributed by atoms with Gasteiger partial charge in [-0.15, -0.1) is 12.4 Å². The fraction of sp³-hybridized carbons (Fsp3) is 0.500. The Balaban J connectivity index is 0.00000324. The van der Waals surface area contributed by atoms with E-state index < -0.39 is 5.54 Å². The molecule has 0 spiro atoms. The molecule has 0 saturated heterocycles. The van der Waals surface area contributed by atoms with Crippen LogP contribution < -0.4 is 15.8 Å².